The summed E-state index contributed by atoms with van der Waals surface area (Å²) in [7, 11) is 1.33. The van der Waals surface area contributed by atoms with Crippen LogP contribution in [0.1, 0.15) is 30.1 Å². The van der Waals surface area contributed by atoms with Gasteiger partial charge >= 0.3 is 5.97 Å². The number of amides is 1. The fourth-order valence-corrected chi connectivity index (χ4v) is 3.00. The summed E-state index contributed by atoms with van der Waals surface area (Å²) < 4.78 is 10.8. The molecular weight excluding hydrogens is 350 g/mol. The van der Waals surface area contributed by atoms with E-state index in [1.54, 1.807) is 18.2 Å². The fourth-order valence-electron chi connectivity index (χ4n) is 2.51. The average molecular weight is 370 g/mol. The lowest BCUT2D eigenvalue weighted by Gasteiger charge is -2.30. The SMILES string of the molecule is COC(=O)c1ccc(OCC(=O)N2CCCC(C)C2)c(Br)c1. The first-order chi connectivity index (χ1) is 10.5. The molecule has 0 aromatic heterocycles. The van der Waals surface area contributed by atoms with Crippen LogP contribution in [0, 0.1) is 5.92 Å². The zero-order valence-corrected chi connectivity index (χ0v) is 14.4. The lowest BCUT2D eigenvalue weighted by molar-refractivity contribution is -0.135. The summed E-state index contributed by atoms with van der Waals surface area (Å²) >= 11 is 3.34. The Hall–Kier alpha value is -1.56. The van der Waals surface area contributed by atoms with Gasteiger partial charge in [0.25, 0.3) is 5.91 Å². The zero-order valence-electron chi connectivity index (χ0n) is 12.8. The third kappa shape index (κ3) is 4.22. The number of methoxy groups -OCH3 is 1. The van der Waals surface area contributed by atoms with Crippen molar-refractivity contribution in [3.05, 3.63) is 28.2 Å². The Balaban J connectivity index is 1.93. The van der Waals surface area contributed by atoms with E-state index >= 15 is 0 Å². The first kappa shape index (κ1) is 16.8. The maximum absolute atomic E-state index is 12.2. The minimum absolute atomic E-state index is 0.00287. The fraction of sp³-hybridized carbons (Fsp3) is 0.500. The second-order valence-corrected chi connectivity index (χ2v) is 6.37. The molecule has 1 aliphatic heterocycles. The Morgan fingerprint density at radius 1 is 1.41 bits per heavy atom. The van der Waals surface area contributed by atoms with Crippen LogP contribution in [0.5, 0.6) is 5.75 Å². The molecule has 1 aromatic carbocycles. The molecule has 1 aliphatic rings. The topological polar surface area (TPSA) is 55.8 Å². The lowest BCUT2D eigenvalue weighted by atomic mass is 10.0. The molecule has 1 heterocycles. The molecule has 0 bridgehead atoms. The number of carbonyl (C=O) groups excluding carboxylic acids is 2. The maximum Gasteiger partial charge on any atom is 0.337 e. The van der Waals surface area contributed by atoms with E-state index in [9.17, 15) is 9.59 Å². The van der Waals surface area contributed by atoms with Crippen LogP contribution in [0.3, 0.4) is 0 Å². The van der Waals surface area contributed by atoms with E-state index in [4.69, 9.17) is 4.74 Å². The van der Waals surface area contributed by atoms with Gasteiger partial charge in [-0.1, -0.05) is 6.92 Å². The van der Waals surface area contributed by atoms with E-state index in [1.165, 1.54) is 13.5 Å². The van der Waals surface area contributed by atoms with Gasteiger partial charge in [-0.25, -0.2) is 4.79 Å². The largest absolute Gasteiger partial charge is 0.483 e. The van der Waals surface area contributed by atoms with Gasteiger partial charge in [0, 0.05) is 13.1 Å². The van der Waals surface area contributed by atoms with Crippen molar-refractivity contribution >= 4 is 27.8 Å². The van der Waals surface area contributed by atoms with Crippen LogP contribution in [-0.2, 0) is 9.53 Å². The number of carbonyl (C=O) groups is 2. The highest BCUT2D eigenvalue weighted by atomic mass is 79.9. The molecule has 1 aromatic rings. The summed E-state index contributed by atoms with van der Waals surface area (Å²) in [6, 6.07) is 4.89. The number of esters is 1. The normalized spacial score (nSPS) is 18.0. The number of hydrogen-bond donors (Lipinski definition) is 0. The third-order valence-corrected chi connectivity index (χ3v) is 4.33. The Kier molecular flexibility index (Phi) is 5.83. The molecule has 2 rings (SSSR count). The number of ether oxygens (including phenoxy) is 2. The molecular formula is C16H20BrNO4. The summed E-state index contributed by atoms with van der Waals surface area (Å²) in [5, 5.41) is 0. The smallest absolute Gasteiger partial charge is 0.337 e. The van der Waals surface area contributed by atoms with Crippen molar-refractivity contribution in [1.82, 2.24) is 4.90 Å². The number of benzene rings is 1. The standard InChI is InChI=1S/C16H20BrNO4/c1-11-4-3-7-18(9-11)15(19)10-22-14-6-5-12(8-13(14)17)16(20)21-2/h5-6,8,11H,3-4,7,9-10H2,1-2H3. The van der Waals surface area contributed by atoms with Crippen molar-refractivity contribution in [2.75, 3.05) is 26.8 Å². The molecule has 0 N–H and O–H groups in total. The van der Waals surface area contributed by atoms with Gasteiger partial charge in [0.15, 0.2) is 6.61 Å². The number of likely N-dealkylation sites (tertiary alicyclic amines) is 1. The van der Waals surface area contributed by atoms with E-state index in [0.29, 0.717) is 21.7 Å². The molecule has 1 fully saturated rings. The molecule has 1 unspecified atom stereocenters. The molecule has 120 valence electrons. The van der Waals surface area contributed by atoms with Gasteiger partial charge in [-0.15, -0.1) is 0 Å². The molecule has 1 saturated heterocycles. The van der Waals surface area contributed by atoms with E-state index in [2.05, 4.69) is 27.6 Å². The minimum atomic E-state index is -0.411. The van der Waals surface area contributed by atoms with Crippen molar-refractivity contribution in [3.8, 4) is 5.75 Å². The van der Waals surface area contributed by atoms with Crippen LogP contribution in [0.4, 0.5) is 0 Å². The molecule has 1 atom stereocenters. The minimum Gasteiger partial charge on any atom is -0.483 e. The first-order valence-electron chi connectivity index (χ1n) is 7.29. The Morgan fingerprint density at radius 3 is 2.82 bits per heavy atom. The van der Waals surface area contributed by atoms with Gasteiger partial charge in [0.2, 0.25) is 0 Å². The van der Waals surface area contributed by atoms with Crippen molar-refractivity contribution in [2.24, 2.45) is 5.92 Å². The molecule has 5 nitrogen and oxygen atoms in total. The predicted octanol–water partition coefficient (Wildman–Crippen LogP) is 2.87. The second-order valence-electron chi connectivity index (χ2n) is 5.51. The van der Waals surface area contributed by atoms with Gasteiger partial charge in [-0.05, 0) is 52.9 Å². The predicted molar refractivity (Wildman–Crippen MR) is 86.0 cm³/mol. The van der Waals surface area contributed by atoms with E-state index < -0.39 is 5.97 Å². The monoisotopic (exact) mass is 369 g/mol. The van der Waals surface area contributed by atoms with Crippen molar-refractivity contribution < 1.29 is 19.1 Å². The summed E-state index contributed by atoms with van der Waals surface area (Å²) in [5.41, 5.74) is 0.429. The Morgan fingerprint density at radius 2 is 2.18 bits per heavy atom. The highest BCUT2D eigenvalue weighted by Crippen LogP contribution is 2.26. The average Bonchev–Trinajstić information content (AvgIpc) is 2.52. The van der Waals surface area contributed by atoms with Gasteiger partial charge in [-0.3, -0.25) is 4.79 Å². The molecule has 0 spiro atoms. The highest BCUT2D eigenvalue weighted by Gasteiger charge is 2.21. The summed E-state index contributed by atoms with van der Waals surface area (Å²) in [4.78, 5) is 25.4. The van der Waals surface area contributed by atoms with Crippen LogP contribution < -0.4 is 4.74 Å². The Bertz CT molecular complexity index is 561. The quantitative estimate of drug-likeness (QED) is 0.765. The van der Waals surface area contributed by atoms with Gasteiger partial charge in [0.05, 0.1) is 17.1 Å². The van der Waals surface area contributed by atoms with Crippen LogP contribution in [0.15, 0.2) is 22.7 Å². The molecule has 0 saturated carbocycles. The highest BCUT2D eigenvalue weighted by molar-refractivity contribution is 9.10. The number of piperidine rings is 1. The van der Waals surface area contributed by atoms with Gasteiger partial charge in [-0.2, -0.15) is 0 Å². The van der Waals surface area contributed by atoms with Crippen LogP contribution in [0.25, 0.3) is 0 Å². The number of halogens is 1. The van der Waals surface area contributed by atoms with E-state index in [-0.39, 0.29) is 12.5 Å². The lowest BCUT2D eigenvalue weighted by Crippen LogP contribution is -2.41. The Labute approximate surface area is 138 Å². The molecule has 1 amide bonds. The summed E-state index contributed by atoms with van der Waals surface area (Å²) in [6.07, 6.45) is 2.22. The van der Waals surface area contributed by atoms with Crippen molar-refractivity contribution in [1.29, 1.82) is 0 Å². The van der Waals surface area contributed by atoms with E-state index in [0.717, 1.165) is 19.5 Å². The zero-order chi connectivity index (χ0) is 16.1. The van der Waals surface area contributed by atoms with Crippen molar-refractivity contribution in [2.45, 2.75) is 19.8 Å². The molecule has 0 aliphatic carbocycles. The molecule has 6 heteroatoms. The summed E-state index contributed by atoms with van der Waals surface area (Å²) in [5.74, 6) is 0.663. The van der Waals surface area contributed by atoms with E-state index in [1.807, 2.05) is 4.90 Å². The van der Waals surface area contributed by atoms with Crippen LogP contribution in [-0.4, -0.2) is 43.6 Å². The van der Waals surface area contributed by atoms with Gasteiger partial charge < -0.3 is 14.4 Å². The third-order valence-electron chi connectivity index (χ3n) is 3.71. The van der Waals surface area contributed by atoms with Crippen LogP contribution >= 0.6 is 15.9 Å². The number of hydrogen-bond acceptors (Lipinski definition) is 4. The second kappa shape index (κ2) is 7.63. The number of nitrogens with zero attached hydrogens (tertiary/aromatic N) is 1. The van der Waals surface area contributed by atoms with Crippen LogP contribution in [0.2, 0.25) is 0 Å². The van der Waals surface area contributed by atoms with Crippen molar-refractivity contribution in [3.63, 3.8) is 0 Å². The maximum atomic E-state index is 12.2. The summed E-state index contributed by atoms with van der Waals surface area (Å²) in [6.45, 7) is 3.75. The number of rotatable bonds is 4. The molecule has 22 heavy (non-hydrogen) atoms. The molecule has 0 radical (unpaired) electrons. The van der Waals surface area contributed by atoms with Gasteiger partial charge in [0.1, 0.15) is 5.75 Å². The first-order valence-corrected chi connectivity index (χ1v) is 8.09.